The Kier molecular flexibility index (Phi) is 5.69. The minimum absolute atomic E-state index is 0.168. The summed E-state index contributed by atoms with van der Waals surface area (Å²) in [7, 11) is 0. The third kappa shape index (κ3) is 4.59. The van der Waals surface area contributed by atoms with Crippen molar-refractivity contribution in [2.24, 2.45) is 0 Å². The zero-order valence-corrected chi connectivity index (χ0v) is 15.1. The second-order valence-corrected chi connectivity index (χ2v) is 6.96. The van der Waals surface area contributed by atoms with E-state index >= 15 is 0 Å². The van der Waals surface area contributed by atoms with Crippen LogP contribution in [0.25, 0.3) is 0 Å². The second-order valence-electron chi connectivity index (χ2n) is 6.96. The maximum Gasteiger partial charge on any atom is 0.274 e. The lowest BCUT2D eigenvalue weighted by molar-refractivity contribution is 0.102. The van der Waals surface area contributed by atoms with Crippen molar-refractivity contribution in [1.82, 2.24) is 4.98 Å². The predicted octanol–water partition coefficient (Wildman–Crippen LogP) is 5.09. The highest BCUT2D eigenvalue weighted by atomic mass is 16.1. The van der Waals surface area contributed by atoms with Gasteiger partial charge in [-0.3, -0.25) is 9.78 Å². The average molecular weight is 337 g/mol. The van der Waals surface area contributed by atoms with Gasteiger partial charge in [-0.2, -0.15) is 0 Å². The molecule has 1 aromatic heterocycles. The predicted molar refractivity (Wildman–Crippen MR) is 103 cm³/mol. The highest BCUT2D eigenvalue weighted by Crippen LogP contribution is 2.22. The van der Waals surface area contributed by atoms with E-state index in [0.717, 1.165) is 22.5 Å². The van der Waals surface area contributed by atoms with Crippen molar-refractivity contribution >= 4 is 17.3 Å². The van der Waals surface area contributed by atoms with Crippen molar-refractivity contribution < 1.29 is 4.79 Å². The van der Waals surface area contributed by atoms with Gasteiger partial charge in [0, 0.05) is 23.6 Å². The van der Waals surface area contributed by atoms with Crippen LogP contribution in [0.15, 0.2) is 36.5 Å². The molecule has 1 heterocycles. The number of hydrogen-bond donors (Lipinski definition) is 2. The molecule has 0 radical (unpaired) electrons. The molecule has 25 heavy (non-hydrogen) atoms. The summed E-state index contributed by atoms with van der Waals surface area (Å²) < 4.78 is 0. The van der Waals surface area contributed by atoms with E-state index in [9.17, 15) is 4.79 Å². The second kappa shape index (κ2) is 8.15. The summed E-state index contributed by atoms with van der Waals surface area (Å²) in [5.74, 6) is -0.168. The average Bonchev–Trinajstić information content (AvgIpc) is 2.88. The number of amides is 1. The van der Waals surface area contributed by atoms with Gasteiger partial charge in [0.2, 0.25) is 0 Å². The minimum atomic E-state index is -0.168. The fraction of sp³-hybridized carbons (Fsp3) is 0.429. The maximum absolute atomic E-state index is 12.6. The van der Waals surface area contributed by atoms with E-state index in [0.29, 0.717) is 11.7 Å². The van der Waals surface area contributed by atoms with Crippen molar-refractivity contribution in [1.29, 1.82) is 0 Å². The summed E-state index contributed by atoms with van der Waals surface area (Å²) in [4.78, 5) is 16.8. The van der Waals surface area contributed by atoms with Gasteiger partial charge in [-0.15, -0.1) is 0 Å². The molecule has 1 aliphatic carbocycles. The molecule has 132 valence electrons. The fourth-order valence-electron chi connectivity index (χ4n) is 3.38. The Balaban J connectivity index is 1.69. The maximum atomic E-state index is 12.6. The van der Waals surface area contributed by atoms with Crippen LogP contribution in [0.3, 0.4) is 0 Å². The SMILES string of the molecule is Cc1cccc(NC(=O)c2cc(NC3CCCCCC3)ccn2)c1C. The largest absolute Gasteiger partial charge is 0.382 e. The Morgan fingerprint density at radius 1 is 1.08 bits per heavy atom. The van der Waals surface area contributed by atoms with Crippen molar-refractivity contribution in [3.8, 4) is 0 Å². The first-order chi connectivity index (χ1) is 12.1. The zero-order chi connectivity index (χ0) is 17.6. The van der Waals surface area contributed by atoms with Crippen LogP contribution < -0.4 is 10.6 Å². The lowest BCUT2D eigenvalue weighted by Crippen LogP contribution is -2.19. The van der Waals surface area contributed by atoms with E-state index in [1.165, 1.54) is 38.5 Å². The van der Waals surface area contributed by atoms with Gasteiger partial charge in [0.05, 0.1) is 0 Å². The molecule has 1 saturated carbocycles. The third-order valence-corrected chi connectivity index (χ3v) is 5.07. The number of hydrogen-bond acceptors (Lipinski definition) is 3. The van der Waals surface area contributed by atoms with Gasteiger partial charge in [0.1, 0.15) is 5.69 Å². The number of aryl methyl sites for hydroxylation is 1. The molecule has 3 rings (SSSR count). The number of nitrogens with one attached hydrogen (secondary N) is 2. The Morgan fingerprint density at radius 2 is 1.84 bits per heavy atom. The number of carbonyl (C=O) groups is 1. The monoisotopic (exact) mass is 337 g/mol. The molecule has 1 fully saturated rings. The van der Waals surface area contributed by atoms with E-state index in [-0.39, 0.29) is 5.91 Å². The molecule has 0 bridgehead atoms. The topological polar surface area (TPSA) is 54.0 Å². The van der Waals surface area contributed by atoms with E-state index in [1.54, 1.807) is 6.20 Å². The first kappa shape index (κ1) is 17.5. The summed E-state index contributed by atoms with van der Waals surface area (Å²) in [5, 5.41) is 6.56. The summed E-state index contributed by atoms with van der Waals surface area (Å²) >= 11 is 0. The van der Waals surface area contributed by atoms with Crippen LogP contribution in [0.1, 0.15) is 60.1 Å². The summed E-state index contributed by atoms with van der Waals surface area (Å²) in [6.45, 7) is 4.06. The van der Waals surface area contributed by atoms with Gasteiger partial charge in [-0.25, -0.2) is 0 Å². The molecule has 4 heteroatoms. The van der Waals surface area contributed by atoms with Gasteiger partial charge < -0.3 is 10.6 Å². The van der Waals surface area contributed by atoms with Crippen LogP contribution in [-0.4, -0.2) is 16.9 Å². The number of rotatable bonds is 4. The van der Waals surface area contributed by atoms with Crippen LogP contribution >= 0.6 is 0 Å². The van der Waals surface area contributed by atoms with Crippen LogP contribution in [-0.2, 0) is 0 Å². The third-order valence-electron chi connectivity index (χ3n) is 5.07. The molecule has 1 aliphatic rings. The smallest absolute Gasteiger partial charge is 0.274 e. The molecule has 0 atom stereocenters. The molecule has 2 aromatic rings. The van der Waals surface area contributed by atoms with Crippen molar-refractivity contribution in [3.63, 3.8) is 0 Å². The van der Waals surface area contributed by atoms with Crippen LogP contribution in [0, 0.1) is 13.8 Å². The Morgan fingerprint density at radius 3 is 2.60 bits per heavy atom. The number of carbonyl (C=O) groups excluding carboxylic acids is 1. The van der Waals surface area contributed by atoms with E-state index < -0.39 is 0 Å². The molecule has 0 saturated heterocycles. The molecular formula is C21H27N3O. The Bertz CT molecular complexity index is 734. The summed E-state index contributed by atoms with van der Waals surface area (Å²) in [6.07, 6.45) is 9.33. The molecule has 4 nitrogen and oxygen atoms in total. The van der Waals surface area contributed by atoms with Crippen molar-refractivity contribution in [3.05, 3.63) is 53.3 Å². The number of pyridine rings is 1. The summed E-state index contributed by atoms with van der Waals surface area (Å²) in [5.41, 5.74) is 4.51. The molecule has 0 aliphatic heterocycles. The van der Waals surface area contributed by atoms with Gasteiger partial charge in [-0.1, -0.05) is 37.8 Å². The first-order valence-corrected chi connectivity index (χ1v) is 9.23. The van der Waals surface area contributed by atoms with Gasteiger partial charge in [-0.05, 0) is 56.0 Å². The molecule has 0 unspecified atom stereocenters. The highest BCUT2D eigenvalue weighted by Gasteiger charge is 2.14. The van der Waals surface area contributed by atoms with E-state index in [4.69, 9.17) is 0 Å². The van der Waals surface area contributed by atoms with E-state index in [2.05, 4.69) is 15.6 Å². The lowest BCUT2D eigenvalue weighted by atomic mass is 10.1. The van der Waals surface area contributed by atoms with Crippen LogP contribution in [0.5, 0.6) is 0 Å². The number of nitrogens with zero attached hydrogens (tertiary/aromatic N) is 1. The fourth-order valence-corrected chi connectivity index (χ4v) is 3.38. The Hall–Kier alpha value is -2.36. The lowest BCUT2D eigenvalue weighted by Gasteiger charge is -2.18. The minimum Gasteiger partial charge on any atom is -0.382 e. The standard InChI is InChI=1S/C21H27N3O/c1-15-8-7-11-19(16(15)2)24-21(25)20-14-18(12-13-22-20)23-17-9-5-3-4-6-10-17/h7-8,11-14,17H,3-6,9-10H2,1-2H3,(H,22,23)(H,24,25). The van der Waals surface area contributed by atoms with Crippen molar-refractivity contribution in [2.75, 3.05) is 10.6 Å². The molecule has 0 spiro atoms. The molecule has 2 N–H and O–H groups in total. The zero-order valence-electron chi connectivity index (χ0n) is 15.1. The Labute approximate surface area is 150 Å². The van der Waals surface area contributed by atoms with E-state index in [1.807, 2.05) is 44.2 Å². The normalized spacial score (nSPS) is 15.4. The molecular weight excluding hydrogens is 310 g/mol. The van der Waals surface area contributed by atoms with Crippen LogP contribution in [0.4, 0.5) is 11.4 Å². The van der Waals surface area contributed by atoms with Crippen molar-refractivity contribution in [2.45, 2.75) is 58.4 Å². The number of anilines is 2. The highest BCUT2D eigenvalue weighted by molar-refractivity contribution is 6.03. The number of benzene rings is 1. The quantitative estimate of drug-likeness (QED) is 0.765. The molecule has 1 amide bonds. The van der Waals surface area contributed by atoms with Gasteiger partial charge >= 0.3 is 0 Å². The van der Waals surface area contributed by atoms with Gasteiger partial charge in [0.15, 0.2) is 0 Å². The first-order valence-electron chi connectivity index (χ1n) is 9.23. The summed E-state index contributed by atoms with van der Waals surface area (Å²) in [6, 6.07) is 10.2. The molecule has 1 aromatic carbocycles. The number of aromatic nitrogens is 1. The van der Waals surface area contributed by atoms with Crippen LogP contribution in [0.2, 0.25) is 0 Å². The van der Waals surface area contributed by atoms with Gasteiger partial charge in [0.25, 0.3) is 5.91 Å².